The van der Waals surface area contributed by atoms with Crippen LogP contribution in [0, 0.1) is 0 Å². The van der Waals surface area contributed by atoms with E-state index in [0.29, 0.717) is 17.6 Å². The van der Waals surface area contributed by atoms with E-state index in [1.54, 1.807) is 6.07 Å². The molecule has 0 aromatic heterocycles. The van der Waals surface area contributed by atoms with Gasteiger partial charge in [-0.15, -0.1) is 0 Å². The van der Waals surface area contributed by atoms with Gasteiger partial charge in [0.05, 0.1) is 12.7 Å². The summed E-state index contributed by atoms with van der Waals surface area (Å²) in [6.45, 7) is 0. The number of nitrogens with zero attached hydrogens (tertiary/aromatic N) is 1. The van der Waals surface area contributed by atoms with Crippen LogP contribution in [0.1, 0.15) is 36.8 Å². The molecule has 0 N–H and O–H groups in total. The maximum Gasteiger partial charge on any atom is 0.416 e. The van der Waals surface area contributed by atoms with Crippen molar-refractivity contribution in [3.8, 4) is 5.75 Å². The van der Waals surface area contributed by atoms with Crippen LogP contribution >= 0.6 is 0 Å². The Balaban J connectivity index is 2.01. The number of hydrogen-bond acceptors (Lipinski definition) is 2. The Hall–Kier alpha value is -1.49. The Morgan fingerprint density at radius 1 is 1.18 bits per heavy atom. The highest BCUT2D eigenvalue weighted by atomic mass is 19.4. The van der Waals surface area contributed by atoms with Gasteiger partial charge >= 0.3 is 6.18 Å². The molecular formula is C17H20F3NO. The predicted octanol–water partition coefficient (Wildman–Crippen LogP) is 4.35. The summed E-state index contributed by atoms with van der Waals surface area (Å²) in [7, 11) is 3.51. The van der Waals surface area contributed by atoms with E-state index in [-0.39, 0.29) is 5.75 Å². The van der Waals surface area contributed by atoms with Gasteiger partial charge in [0, 0.05) is 12.1 Å². The normalized spacial score (nSPS) is 25.8. The van der Waals surface area contributed by atoms with Gasteiger partial charge in [0.2, 0.25) is 0 Å². The highest BCUT2D eigenvalue weighted by Gasteiger charge is 2.34. The zero-order chi connectivity index (χ0) is 15.9. The quantitative estimate of drug-likeness (QED) is 0.805. The summed E-state index contributed by atoms with van der Waals surface area (Å²) in [5.41, 5.74) is 1.00. The molecule has 1 saturated heterocycles. The second-order valence-corrected chi connectivity index (χ2v) is 6.16. The van der Waals surface area contributed by atoms with E-state index in [1.807, 2.05) is 0 Å². The minimum atomic E-state index is -4.36. The predicted molar refractivity (Wildman–Crippen MR) is 79.8 cm³/mol. The summed E-state index contributed by atoms with van der Waals surface area (Å²) in [5.74, 6) is 0.259. The lowest BCUT2D eigenvalue weighted by Crippen LogP contribution is -2.45. The molecule has 0 amide bonds. The fourth-order valence-corrected chi connectivity index (χ4v) is 3.52. The monoisotopic (exact) mass is 311 g/mol. The first kappa shape index (κ1) is 15.4. The van der Waals surface area contributed by atoms with Crippen LogP contribution in [-0.4, -0.2) is 31.1 Å². The lowest BCUT2D eigenvalue weighted by Gasteiger charge is -2.43. The fraction of sp³-hybridized carbons (Fsp3) is 0.529. The molecule has 120 valence electrons. The molecule has 2 unspecified atom stereocenters. The molecule has 22 heavy (non-hydrogen) atoms. The average molecular weight is 311 g/mol. The SMILES string of the molecule is COc1cc(C2=CC3CCCC(C2)N3C)cc(C(F)(F)F)c1. The molecule has 2 heterocycles. The Bertz CT molecular complexity index is 594. The number of methoxy groups -OCH3 is 1. The third-order valence-electron chi connectivity index (χ3n) is 4.83. The Morgan fingerprint density at radius 2 is 1.95 bits per heavy atom. The molecule has 0 radical (unpaired) electrons. The minimum Gasteiger partial charge on any atom is -0.497 e. The molecule has 2 aliphatic heterocycles. The number of ether oxygens (including phenoxy) is 1. The Morgan fingerprint density at radius 3 is 2.59 bits per heavy atom. The van der Waals surface area contributed by atoms with Gasteiger partial charge in [-0.25, -0.2) is 0 Å². The maximum absolute atomic E-state index is 13.1. The molecule has 5 heteroatoms. The van der Waals surface area contributed by atoms with Crippen LogP contribution in [0.15, 0.2) is 24.3 Å². The standard InChI is InChI=1S/C17H20F3NO/c1-21-14-4-3-5-15(21)8-12(7-14)11-6-13(17(18,19)20)10-16(9-11)22-2/h6-7,9-10,14-15H,3-5,8H2,1-2H3. The van der Waals surface area contributed by atoms with Crippen molar-refractivity contribution in [3.05, 3.63) is 35.4 Å². The van der Waals surface area contributed by atoms with E-state index in [0.717, 1.165) is 30.9 Å². The van der Waals surface area contributed by atoms with E-state index in [9.17, 15) is 13.2 Å². The third-order valence-corrected chi connectivity index (χ3v) is 4.83. The van der Waals surface area contributed by atoms with E-state index in [1.165, 1.54) is 19.6 Å². The molecule has 2 aliphatic rings. The third kappa shape index (κ3) is 2.86. The van der Waals surface area contributed by atoms with Gasteiger partial charge in [0.25, 0.3) is 0 Å². The zero-order valence-electron chi connectivity index (χ0n) is 12.8. The van der Waals surface area contributed by atoms with Crippen molar-refractivity contribution in [1.29, 1.82) is 0 Å². The van der Waals surface area contributed by atoms with Crippen molar-refractivity contribution in [2.24, 2.45) is 0 Å². The number of alkyl halides is 3. The second-order valence-electron chi connectivity index (χ2n) is 6.16. The van der Waals surface area contributed by atoms with Crippen LogP contribution in [0.25, 0.3) is 5.57 Å². The molecule has 2 nitrogen and oxygen atoms in total. The summed E-state index contributed by atoms with van der Waals surface area (Å²) in [5, 5.41) is 0. The lowest BCUT2D eigenvalue weighted by atomic mass is 9.83. The van der Waals surface area contributed by atoms with Crippen LogP contribution < -0.4 is 4.74 Å². The molecular weight excluding hydrogens is 291 g/mol. The maximum atomic E-state index is 13.1. The number of halogens is 3. The first-order valence-corrected chi connectivity index (χ1v) is 7.58. The fourth-order valence-electron chi connectivity index (χ4n) is 3.52. The molecule has 0 aliphatic carbocycles. The average Bonchev–Trinajstić information content (AvgIpc) is 2.45. The molecule has 1 aromatic rings. The number of piperidine rings is 1. The van der Waals surface area contributed by atoms with Crippen molar-refractivity contribution in [2.45, 2.75) is 43.9 Å². The van der Waals surface area contributed by atoms with Crippen molar-refractivity contribution >= 4 is 5.57 Å². The van der Waals surface area contributed by atoms with Crippen LogP contribution in [-0.2, 0) is 6.18 Å². The molecule has 1 fully saturated rings. The van der Waals surface area contributed by atoms with Crippen LogP contribution in [0.4, 0.5) is 13.2 Å². The van der Waals surface area contributed by atoms with E-state index in [2.05, 4.69) is 18.0 Å². The van der Waals surface area contributed by atoms with Gasteiger partial charge in [-0.05, 0) is 55.6 Å². The molecule has 0 spiro atoms. The van der Waals surface area contributed by atoms with Gasteiger partial charge in [-0.2, -0.15) is 13.2 Å². The number of likely N-dealkylation sites (N-methyl/N-ethyl adjacent to an activating group) is 1. The number of rotatable bonds is 2. The highest BCUT2D eigenvalue weighted by molar-refractivity contribution is 5.69. The zero-order valence-corrected chi connectivity index (χ0v) is 12.8. The summed E-state index contributed by atoms with van der Waals surface area (Å²) < 4.78 is 44.2. The topological polar surface area (TPSA) is 12.5 Å². The first-order chi connectivity index (χ1) is 10.4. The molecule has 3 rings (SSSR count). The molecule has 2 bridgehead atoms. The van der Waals surface area contributed by atoms with Crippen molar-refractivity contribution in [1.82, 2.24) is 4.90 Å². The van der Waals surface area contributed by atoms with E-state index in [4.69, 9.17) is 4.74 Å². The summed E-state index contributed by atoms with van der Waals surface area (Å²) in [4.78, 5) is 2.35. The van der Waals surface area contributed by atoms with Crippen molar-refractivity contribution in [2.75, 3.05) is 14.2 Å². The summed E-state index contributed by atoms with van der Waals surface area (Å²) >= 11 is 0. The van der Waals surface area contributed by atoms with Gasteiger partial charge in [0.15, 0.2) is 0 Å². The Labute approximate surface area is 128 Å². The largest absolute Gasteiger partial charge is 0.497 e. The number of hydrogen-bond donors (Lipinski definition) is 0. The summed E-state index contributed by atoms with van der Waals surface area (Å²) in [6.07, 6.45) is 1.95. The van der Waals surface area contributed by atoms with Gasteiger partial charge in [0.1, 0.15) is 5.75 Å². The molecule has 0 saturated carbocycles. The van der Waals surface area contributed by atoms with Crippen LogP contribution in [0.3, 0.4) is 0 Å². The van der Waals surface area contributed by atoms with Crippen LogP contribution in [0.2, 0.25) is 0 Å². The molecule has 1 aromatic carbocycles. The van der Waals surface area contributed by atoms with E-state index < -0.39 is 11.7 Å². The first-order valence-electron chi connectivity index (χ1n) is 7.58. The lowest BCUT2D eigenvalue weighted by molar-refractivity contribution is -0.137. The number of fused-ring (bicyclic) bond motifs is 2. The van der Waals surface area contributed by atoms with Crippen molar-refractivity contribution in [3.63, 3.8) is 0 Å². The van der Waals surface area contributed by atoms with Crippen LogP contribution in [0.5, 0.6) is 5.75 Å². The number of benzene rings is 1. The summed E-state index contributed by atoms with van der Waals surface area (Å²) in [6, 6.07) is 4.78. The van der Waals surface area contributed by atoms with E-state index >= 15 is 0 Å². The second kappa shape index (κ2) is 5.61. The van der Waals surface area contributed by atoms with Crippen molar-refractivity contribution < 1.29 is 17.9 Å². The van der Waals surface area contributed by atoms with Gasteiger partial charge < -0.3 is 4.74 Å². The molecule has 2 atom stereocenters. The smallest absolute Gasteiger partial charge is 0.416 e. The van der Waals surface area contributed by atoms with Gasteiger partial charge in [-0.3, -0.25) is 4.90 Å². The minimum absolute atomic E-state index is 0.259. The highest BCUT2D eigenvalue weighted by Crippen LogP contribution is 2.39. The Kier molecular flexibility index (Phi) is 3.93. The van der Waals surface area contributed by atoms with Gasteiger partial charge in [-0.1, -0.05) is 12.5 Å².